The Morgan fingerprint density at radius 1 is 0.436 bits per heavy atom. The molecule has 1 rings (SSSR count). The molecule has 0 N–H and O–H groups in total. The summed E-state index contributed by atoms with van der Waals surface area (Å²) in [5.74, 6) is 1.61. The van der Waals surface area contributed by atoms with Crippen LogP contribution < -0.4 is 4.57 Å². The van der Waals surface area contributed by atoms with E-state index in [-0.39, 0.29) is 0 Å². The summed E-state index contributed by atoms with van der Waals surface area (Å²) < 4.78 is 5.23. The van der Waals surface area contributed by atoms with Crippen LogP contribution in [0.25, 0.3) is 0 Å². The smallest absolute Gasteiger partial charge is 0.234 e. The highest BCUT2D eigenvalue weighted by Crippen LogP contribution is 2.15. The van der Waals surface area contributed by atoms with Gasteiger partial charge in [-0.15, -0.1) is 0 Å². The van der Waals surface area contributed by atoms with E-state index in [4.69, 9.17) is 0 Å². The molecule has 230 valence electrons. The summed E-state index contributed by atoms with van der Waals surface area (Å²) >= 11 is 0. The number of nitrogens with zero attached hydrogens (tertiary/aromatic N) is 2. The lowest BCUT2D eigenvalue weighted by atomic mass is 10.0. The summed E-state index contributed by atoms with van der Waals surface area (Å²) in [6.45, 7) is 9.39. The van der Waals surface area contributed by atoms with Crippen LogP contribution in [0.3, 0.4) is 0 Å². The Kier molecular flexibility index (Phi) is 26.7. The number of hydrogen-bond acceptors (Lipinski definition) is 0. The van der Waals surface area contributed by atoms with Crippen LogP contribution in [0.2, 0.25) is 0 Å². The molecule has 39 heavy (non-hydrogen) atoms. The van der Waals surface area contributed by atoms with Crippen molar-refractivity contribution in [3.05, 3.63) is 18.2 Å². The van der Waals surface area contributed by atoms with Gasteiger partial charge in [0.1, 0.15) is 12.4 Å². The minimum Gasteiger partial charge on any atom is -0.234 e. The summed E-state index contributed by atoms with van der Waals surface area (Å²) in [4.78, 5) is 0. The zero-order valence-corrected chi connectivity index (χ0v) is 27.5. The summed E-state index contributed by atoms with van der Waals surface area (Å²) in [6.07, 6.45) is 45.9. The average molecular weight is 546 g/mol. The van der Waals surface area contributed by atoms with Gasteiger partial charge in [0.2, 0.25) is 0 Å². The first-order valence-electron chi connectivity index (χ1n) is 18.4. The van der Waals surface area contributed by atoms with Crippen LogP contribution in [-0.2, 0) is 19.5 Å². The molecule has 0 aromatic carbocycles. The maximum atomic E-state index is 2.62. The van der Waals surface area contributed by atoms with Gasteiger partial charge in [0.25, 0.3) is 5.82 Å². The van der Waals surface area contributed by atoms with Crippen molar-refractivity contribution in [3.63, 3.8) is 0 Å². The van der Waals surface area contributed by atoms with E-state index in [0.717, 1.165) is 0 Å². The first-order chi connectivity index (χ1) is 19.3. The number of aryl methyl sites for hydroxylation is 2. The van der Waals surface area contributed by atoms with E-state index in [1.807, 2.05) is 0 Å². The van der Waals surface area contributed by atoms with E-state index in [9.17, 15) is 0 Å². The van der Waals surface area contributed by atoms with Crippen LogP contribution in [0.15, 0.2) is 12.4 Å². The van der Waals surface area contributed by atoms with Gasteiger partial charge in [-0.05, 0) is 32.1 Å². The second-order valence-corrected chi connectivity index (χ2v) is 12.7. The SMILES string of the molecule is CCCCCCCCCCCCCCC[n+]1ccn(CCCCCC)c1CCCCCCCCCCCCC. The highest BCUT2D eigenvalue weighted by Gasteiger charge is 2.16. The summed E-state index contributed by atoms with van der Waals surface area (Å²) in [6, 6.07) is 0. The van der Waals surface area contributed by atoms with Crippen molar-refractivity contribution >= 4 is 0 Å². The monoisotopic (exact) mass is 546 g/mol. The third-order valence-corrected chi connectivity index (χ3v) is 8.85. The highest BCUT2D eigenvalue weighted by molar-refractivity contribution is 4.84. The number of hydrogen-bond donors (Lipinski definition) is 0. The Labute approximate surface area is 247 Å². The number of unbranched alkanes of at least 4 members (excludes halogenated alkanes) is 25. The van der Waals surface area contributed by atoms with Crippen molar-refractivity contribution in [2.24, 2.45) is 0 Å². The molecule has 0 fully saturated rings. The van der Waals surface area contributed by atoms with Crippen LogP contribution >= 0.6 is 0 Å². The molecule has 0 saturated carbocycles. The van der Waals surface area contributed by atoms with Gasteiger partial charge in [0.05, 0.1) is 13.1 Å². The van der Waals surface area contributed by atoms with Crippen molar-refractivity contribution in [1.82, 2.24) is 4.57 Å². The molecule has 0 amide bonds. The van der Waals surface area contributed by atoms with Gasteiger partial charge >= 0.3 is 0 Å². The lowest BCUT2D eigenvalue weighted by Gasteiger charge is -2.07. The van der Waals surface area contributed by atoms with Crippen molar-refractivity contribution in [3.8, 4) is 0 Å². The van der Waals surface area contributed by atoms with Crippen molar-refractivity contribution < 1.29 is 4.57 Å². The van der Waals surface area contributed by atoms with Gasteiger partial charge in [0, 0.05) is 6.42 Å². The molecule has 0 unspecified atom stereocenters. The Balaban J connectivity index is 2.21. The Hall–Kier alpha value is -0.790. The molecule has 2 nitrogen and oxygen atoms in total. The number of imidazole rings is 1. The lowest BCUT2D eigenvalue weighted by Crippen LogP contribution is -2.37. The van der Waals surface area contributed by atoms with E-state index in [1.165, 1.54) is 199 Å². The maximum absolute atomic E-state index is 2.62. The second kappa shape index (κ2) is 28.7. The molecular formula is C37H73N2+. The average Bonchev–Trinajstić information content (AvgIpc) is 3.33. The Morgan fingerprint density at radius 2 is 0.795 bits per heavy atom. The maximum Gasteiger partial charge on any atom is 0.256 e. The molecule has 0 saturated heterocycles. The molecule has 1 heterocycles. The molecule has 2 heteroatoms. The van der Waals surface area contributed by atoms with E-state index >= 15 is 0 Å². The fourth-order valence-electron chi connectivity index (χ4n) is 6.15. The molecule has 1 aromatic rings. The predicted molar refractivity (Wildman–Crippen MR) is 175 cm³/mol. The fraction of sp³-hybridized carbons (Fsp3) is 0.919. The summed E-state index contributed by atoms with van der Waals surface area (Å²) in [5.41, 5.74) is 0. The molecule has 0 aliphatic rings. The fourth-order valence-corrected chi connectivity index (χ4v) is 6.15. The second-order valence-electron chi connectivity index (χ2n) is 12.7. The van der Waals surface area contributed by atoms with Crippen molar-refractivity contribution in [1.29, 1.82) is 0 Å². The van der Waals surface area contributed by atoms with Gasteiger partial charge in [-0.25, -0.2) is 9.13 Å². The Bertz CT molecular complexity index is 605. The van der Waals surface area contributed by atoms with Crippen LogP contribution in [0.1, 0.15) is 206 Å². The third-order valence-electron chi connectivity index (χ3n) is 8.85. The van der Waals surface area contributed by atoms with E-state index in [1.54, 1.807) is 5.82 Å². The van der Waals surface area contributed by atoms with Crippen LogP contribution in [0.4, 0.5) is 0 Å². The minimum absolute atomic E-state index is 1.22. The van der Waals surface area contributed by atoms with E-state index in [0.29, 0.717) is 0 Å². The van der Waals surface area contributed by atoms with E-state index < -0.39 is 0 Å². The predicted octanol–water partition coefficient (Wildman–Crippen LogP) is 12.3. The standard InChI is InChI=1S/C37H73N2/c1-4-7-10-13-15-17-19-20-22-24-26-28-31-34-39-36-35-38(33-30-12-9-6-3)37(39)32-29-27-25-23-21-18-16-14-11-8-5-2/h35-36H,4-34H2,1-3H3/q+1. The van der Waals surface area contributed by atoms with Gasteiger partial charge in [0.15, 0.2) is 0 Å². The molecule has 0 spiro atoms. The third kappa shape index (κ3) is 21.6. The highest BCUT2D eigenvalue weighted by atomic mass is 15.1. The van der Waals surface area contributed by atoms with Gasteiger partial charge in [-0.2, -0.15) is 0 Å². The number of aromatic nitrogens is 2. The topological polar surface area (TPSA) is 8.81 Å². The first-order valence-corrected chi connectivity index (χ1v) is 18.4. The van der Waals surface area contributed by atoms with Crippen LogP contribution in [0.5, 0.6) is 0 Å². The zero-order chi connectivity index (χ0) is 28.1. The first kappa shape index (κ1) is 36.2. The van der Waals surface area contributed by atoms with Crippen LogP contribution in [0, 0.1) is 0 Å². The largest absolute Gasteiger partial charge is 0.256 e. The molecule has 0 bridgehead atoms. The number of rotatable bonds is 31. The molecular weight excluding hydrogens is 472 g/mol. The molecule has 0 aliphatic carbocycles. The summed E-state index contributed by atoms with van der Waals surface area (Å²) in [7, 11) is 0. The zero-order valence-electron chi connectivity index (χ0n) is 27.5. The lowest BCUT2D eigenvalue weighted by molar-refractivity contribution is -0.704. The van der Waals surface area contributed by atoms with E-state index in [2.05, 4.69) is 42.3 Å². The van der Waals surface area contributed by atoms with Crippen molar-refractivity contribution in [2.45, 2.75) is 220 Å². The molecule has 0 atom stereocenters. The van der Waals surface area contributed by atoms with Gasteiger partial charge < -0.3 is 0 Å². The molecule has 0 radical (unpaired) electrons. The normalized spacial score (nSPS) is 11.6. The van der Waals surface area contributed by atoms with Gasteiger partial charge in [-0.3, -0.25) is 0 Å². The molecule has 0 aliphatic heterocycles. The van der Waals surface area contributed by atoms with Gasteiger partial charge in [-0.1, -0.05) is 168 Å². The quantitative estimate of drug-likeness (QED) is 0.0648. The molecule has 1 aromatic heterocycles. The van der Waals surface area contributed by atoms with Crippen LogP contribution in [-0.4, -0.2) is 4.57 Å². The Morgan fingerprint density at radius 3 is 1.23 bits per heavy atom. The van der Waals surface area contributed by atoms with Crippen molar-refractivity contribution in [2.75, 3.05) is 0 Å². The minimum atomic E-state index is 1.22. The summed E-state index contributed by atoms with van der Waals surface area (Å²) in [5, 5.41) is 0.